The molecule has 1 nitrogen and oxygen atoms in total. The Morgan fingerprint density at radius 1 is 1.00 bits per heavy atom. The van der Waals surface area contributed by atoms with E-state index in [1.807, 2.05) is 0 Å². The molecule has 0 amide bonds. The molecule has 0 aromatic rings. The van der Waals surface area contributed by atoms with Gasteiger partial charge in [-0.25, -0.2) is 0 Å². The standard InChI is InChI=1S/C20H41N/c1-15(2)9-8-10-18-13-17(16(3)4)11-12-19(18)14-21-20(5,6)7/h15-19,21H,8-14H2,1-7H3. The molecule has 0 radical (unpaired) electrons. The molecule has 3 atom stereocenters. The minimum Gasteiger partial charge on any atom is -0.312 e. The third-order valence-electron chi connectivity index (χ3n) is 5.37. The van der Waals surface area contributed by atoms with Crippen molar-refractivity contribution in [1.29, 1.82) is 0 Å². The summed E-state index contributed by atoms with van der Waals surface area (Å²) in [4.78, 5) is 0. The van der Waals surface area contributed by atoms with E-state index in [-0.39, 0.29) is 5.54 Å². The second-order valence-corrected chi connectivity index (χ2v) is 9.29. The van der Waals surface area contributed by atoms with Crippen molar-refractivity contribution in [3.63, 3.8) is 0 Å². The Hall–Kier alpha value is -0.0400. The van der Waals surface area contributed by atoms with Crippen molar-refractivity contribution in [3.05, 3.63) is 0 Å². The van der Waals surface area contributed by atoms with Crippen LogP contribution in [0.1, 0.15) is 87.0 Å². The van der Waals surface area contributed by atoms with Crippen molar-refractivity contribution >= 4 is 0 Å². The molecular formula is C20H41N. The lowest BCUT2D eigenvalue weighted by Gasteiger charge is -2.39. The molecule has 0 aromatic carbocycles. The fourth-order valence-corrected chi connectivity index (χ4v) is 3.82. The van der Waals surface area contributed by atoms with E-state index in [2.05, 4.69) is 53.8 Å². The van der Waals surface area contributed by atoms with Crippen molar-refractivity contribution in [1.82, 2.24) is 5.32 Å². The van der Waals surface area contributed by atoms with E-state index in [0.717, 1.165) is 29.6 Å². The van der Waals surface area contributed by atoms with Gasteiger partial charge >= 0.3 is 0 Å². The summed E-state index contributed by atoms with van der Waals surface area (Å²) in [5, 5.41) is 3.76. The zero-order chi connectivity index (χ0) is 16.0. The summed E-state index contributed by atoms with van der Waals surface area (Å²) in [6.45, 7) is 17.7. The minimum atomic E-state index is 0.261. The maximum Gasteiger partial charge on any atom is 0.00966 e. The summed E-state index contributed by atoms with van der Waals surface area (Å²) in [6, 6.07) is 0. The molecule has 1 aliphatic rings. The van der Waals surface area contributed by atoms with E-state index in [0.29, 0.717) is 0 Å². The Morgan fingerprint density at radius 3 is 2.19 bits per heavy atom. The Balaban J connectivity index is 2.52. The largest absolute Gasteiger partial charge is 0.312 e. The summed E-state index contributed by atoms with van der Waals surface area (Å²) in [6.07, 6.45) is 8.67. The van der Waals surface area contributed by atoms with Gasteiger partial charge in [0.05, 0.1) is 0 Å². The van der Waals surface area contributed by atoms with Crippen LogP contribution in [0.5, 0.6) is 0 Å². The molecule has 1 aliphatic carbocycles. The van der Waals surface area contributed by atoms with E-state index < -0.39 is 0 Å². The van der Waals surface area contributed by atoms with Gasteiger partial charge in [0.2, 0.25) is 0 Å². The SMILES string of the molecule is CC(C)CCCC1CC(C(C)C)CCC1CNC(C)(C)C. The number of nitrogens with one attached hydrogen (secondary N) is 1. The van der Waals surface area contributed by atoms with Crippen LogP contribution < -0.4 is 5.32 Å². The van der Waals surface area contributed by atoms with Crippen LogP contribution in [0.2, 0.25) is 0 Å². The molecule has 1 saturated carbocycles. The Labute approximate surface area is 134 Å². The maximum absolute atomic E-state index is 3.76. The fourth-order valence-electron chi connectivity index (χ4n) is 3.82. The Morgan fingerprint density at radius 2 is 1.67 bits per heavy atom. The van der Waals surface area contributed by atoms with Crippen LogP contribution >= 0.6 is 0 Å². The van der Waals surface area contributed by atoms with Gasteiger partial charge in [-0.2, -0.15) is 0 Å². The normalized spacial score (nSPS) is 27.6. The Kier molecular flexibility index (Phi) is 7.74. The highest BCUT2D eigenvalue weighted by atomic mass is 14.9. The molecule has 1 fully saturated rings. The molecule has 0 spiro atoms. The van der Waals surface area contributed by atoms with Crippen molar-refractivity contribution in [2.75, 3.05) is 6.54 Å². The predicted molar refractivity (Wildman–Crippen MR) is 95.6 cm³/mol. The van der Waals surface area contributed by atoms with Crippen LogP contribution in [0.4, 0.5) is 0 Å². The highest BCUT2D eigenvalue weighted by molar-refractivity contribution is 4.84. The molecule has 0 heterocycles. The molecule has 0 aliphatic heterocycles. The number of hydrogen-bond acceptors (Lipinski definition) is 1. The highest BCUT2D eigenvalue weighted by Gasteiger charge is 2.31. The van der Waals surface area contributed by atoms with Crippen LogP contribution in [0.25, 0.3) is 0 Å². The first-order valence-electron chi connectivity index (χ1n) is 9.44. The average molecular weight is 296 g/mol. The lowest BCUT2D eigenvalue weighted by molar-refractivity contribution is 0.129. The smallest absolute Gasteiger partial charge is 0.00966 e. The fraction of sp³-hybridized carbons (Fsp3) is 1.00. The second kappa shape index (κ2) is 8.56. The highest BCUT2D eigenvalue weighted by Crippen LogP contribution is 2.40. The van der Waals surface area contributed by atoms with Gasteiger partial charge in [0.25, 0.3) is 0 Å². The van der Waals surface area contributed by atoms with Crippen LogP contribution in [-0.4, -0.2) is 12.1 Å². The average Bonchev–Trinajstić information content (AvgIpc) is 2.35. The molecule has 1 heteroatoms. The number of hydrogen-bond donors (Lipinski definition) is 1. The van der Waals surface area contributed by atoms with E-state index in [1.165, 1.54) is 45.1 Å². The van der Waals surface area contributed by atoms with Gasteiger partial charge < -0.3 is 5.32 Å². The zero-order valence-electron chi connectivity index (χ0n) is 15.8. The van der Waals surface area contributed by atoms with Crippen LogP contribution in [0.3, 0.4) is 0 Å². The molecule has 126 valence electrons. The first kappa shape index (κ1) is 19.0. The van der Waals surface area contributed by atoms with Gasteiger partial charge in [0, 0.05) is 5.54 Å². The van der Waals surface area contributed by atoms with Crippen molar-refractivity contribution in [2.45, 2.75) is 92.5 Å². The van der Waals surface area contributed by atoms with Crippen LogP contribution in [0.15, 0.2) is 0 Å². The lowest BCUT2D eigenvalue weighted by atomic mass is 9.69. The van der Waals surface area contributed by atoms with E-state index in [9.17, 15) is 0 Å². The predicted octanol–water partition coefficient (Wildman–Crippen LogP) is 5.89. The van der Waals surface area contributed by atoms with Crippen molar-refractivity contribution < 1.29 is 0 Å². The third kappa shape index (κ3) is 7.68. The summed E-state index contributed by atoms with van der Waals surface area (Å²) in [7, 11) is 0. The topological polar surface area (TPSA) is 12.0 Å². The quantitative estimate of drug-likeness (QED) is 0.617. The molecule has 0 aromatic heterocycles. The van der Waals surface area contributed by atoms with Crippen LogP contribution in [0, 0.1) is 29.6 Å². The third-order valence-corrected chi connectivity index (χ3v) is 5.37. The first-order valence-corrected chi connectivity index (χ1v) is 9.44. The monoisotopic (exact) mass is 295 g/mol. The summed E-state index contributed by atoms with van der Waals surface area (Å²) in [5.41, 5.74) is 0.261. The van der Waals surface area contributed by atoms with E-state index in [1.54, 1.807) is 0 Å². The maximum atomic E-state index is 3.76. The Bertz CT molecular complexity index is 274. The van der Waals surface area contributed by atoms with Gasteiger partial charge in [-0.3, -0.25) is 0 Å². The van der Waals surface area contributed by atoms with Gasteiger partial charge in [-0.1, -0.05) is 47.0 Å². The van der Waals surface area contributed by atoms with Gasteiger partial charge in [0.15, 0.2) is 0 Å². The molecule has 3 unspecified atom stereocenters. The van der Waals surface area contributed by atoms with Gasteiger partial charge in [-0.05, 0) is 76.2 Å². The van der Waals surface area contributed by atoms with E-state index in [4.69, 9.17) is 0 Å². The molecule has 21 heavy (non-hydrogen) atoms. The first-order chi connectivity index (χ1) is 9.69. The van der Waals surface area contributed by atoms with Crippen LogP contribution in [-0.2, 0) is 0 Å². The summed E-state index contributed by atoms with van der Waals surface area (Å²) >= 11 is 0. The second-order valence-electron chi connectivity index (χ2n) is 9.29. The molecule has 0 bridgehead atoms. The zero-order valence-corrected chi connectivity index (χ0v) is 15.8. The molecule has 1 N–H and O–H groups in total. The van der Waals surface area contributed by atoms with Gasteiger partial charge in [0.1, 0.15) is 0 Å². The summed E-state index contributed by atoms with van der Waals surface area (Å²) in [5.74, 6) is 4.57. The van der Waals surface area contributed by atoms with Gasteiger partial charge in [-0.15, -0.1) is 0 Å². The van der Waals surface area contributed by atoms with Crippen molar-refractivity contribution in [3.8, 4) is 0 Å². The molecular weight excluding hydrogens is 254 g/mol. The molecule has 1 rings (SSSR count). The summed E-state index contributed by atoms with van der Waals surface area (Å²) < 4.78 is 0. The molecule has 0 saturated heterocycles. The van der Waals surface area contributed by atoms with E-state index >= 15 is 0 Å². The van der Waals surface area contributed by atoms with Crippen molar-refractivity contribution in [2.24, 2.45) is 29.6 Å². The minimum absolute atomic E-state index is 0.261. The number of rotatable bonds is 7. The lowest BCUT2D eigenvalue weighted by Crippen LogP contribution is -2.42.